The topological polar surface area (TPSA) is 69.6 Å². The Bertz CT molecular complexity index is 714. The molecule has 3 rings (SSSR count). The number of aryl methyl sites for hydroxylation is 2. The lowest BCUT2D eigenvalue weighted by molar-refractivity contribution is 0.781. The fourth-order valence-corrected chi connectivity index (χ4v) is 2.59. The Morgan fingerprint density at radius 3 is 2.63 bits per heavy atom. The van der Waals surface area contributed by atoms with Crippen molar-refractivity contribution in [2.45, 2.75) is 6.92 Å². The van der Waals surface area contributed by atoms with Crippen LogP contribution in [0.3, 0.4) is 0 Å². The minimum atomic E-state index is 0.631. The van der Waals surface area contributed by atoms with Crippen molar-refractivity contribution in [3.05, 3.63) is 34.9 Å². The van der Waals surface area contributed by atoms with Gasteiger partial charge in [0, 0.05) is 24.8 Å². The molecule has 3 aromatic rings. The van der Waals surface area contributed by atoms with Crippen molar-refractivity contribution in [3.63, 3.8) is 0 Å². The summed E-state index contributed by atoms with van der Waals surface area (Å²) < 4.78 is 1.68. The van der Waals surface area contributed by atoms with Crippen LogP contribution in [0.5, 0.6) is 0 Å². The van der Waals surface area contributed by atoms with Crippen molar-refractivity contribution in [1.82, 2.24) is 19.7 Å². The summed E-state index contributed by atoms with van der Waals surface area (Å²) in [5.74, 6) is 0.631. The van der Waals surface area contributed by atoms with Gasteiger partial charge < -0.3 is 5.73 Å². The van der Waals surface area contributed by atoms with Crippen LogP contribution in [0.4, 0.5) is 5.82 Å². The smallest absolute Gasteiger partial charge is 0.129 e. The van der Waals surface area contributed by atoms with Gasteiger partial charge in [-0.25, -0.2) is 4.98 Å². The molecule has 96 valence electrons. The molecule has 0 saturated carbocycles. The molecule has 0 bridgehead atoms. The van der Waals surface area contributed by atoms with Gasteiger partial charge in [-0.05, 0) is 24.6 Å². The number of nitrogens with zero attached hydrogens (tertiary/aromatic N) is 4. The van der Waals surface area contributed by atoms with Gasteiger partial charge in [-0.15, -0.1) is 11.3 Å². The van der Waals surface area contributed by atoms with Crippen molar-refractivity contribution in [1.29, 1.82) is 0 Å². The molecule has 0 aliphatic carbocycles. The normalized spacial score (nSPS) is 10.8. The minimum absolute atomic E-state index is 0.631. The molecule has 19 heavy (non-hydrogen) atoms. The fraction of sp³-hybridized carbons (Fsp3) is 0.154. The van der Waals surface area contributed by atoms with E-state index in [4.69, 9.17) is 5.73 Å². The molecule has 0 aliphatic heterocycles. The summed E-state index contributed by atoms with van der Waals surface area (Å²) in [6.45, 7) is 1.98. The number of hydrogen-bond donors (Lipinski definition) is 1. The van der Waals surface area contributed by atoms with E-state index in [0.717, 1.165) is 27.5 Å². The Hall–Kier alpha value is -2.21. The van der Waals surface area contributed by atoms with Gasteiger partial charge in [0.15, 0.2) is 0 Å². The third-order valence-corrected chi connectivity index (χ3v) is 3.70. The SMILES string of the molecule is Cc1nc(-c2nn(C)c(N)c2-c2ccncc2)cs1. The fourth-order valence-electron chi connectivity index (χ4n) is 1.99. The zero-order chi connectivity index (χ0) is 13.4. The average Bonchev–Trinajstić information content (AvgIpc) is 2.96. The predicted molar refractivity (Wildman–Crippen MR) is 76.7 cm³/mol. The third kappa shape index (κ3) is 2.00. The zero-order valence-electron chi connectivity index (χ0n) is 10.7. The van der Waals surface area contributed by atoms with Gasteiger partial charge in [0.25, 0.3) is 0 Å². The molecule has 5 nitrogen and oxygen atoms in total. The highest BCUT2D eigenvalue weighted by atomic mass is 32.1. The summed E-state index contributed by atoms with van der Waals surface area (Å²) in [5, 5.41) is 7.50. The second-order valence-electron chi connectivity index (χ2n) is 4.22. The zero-order valence-corrected chi connectivity index (χ0v) is 11.5. The van der Waals surface area contributed by atoms with Gasteiger partial charge in [-0.1, -0.05) is 0 Å². The Kier molecular flexibility index (Phi) is 2.79. The first-order valence-electron chi connectivity index (χ1n) is 5.82. The Labute approximate surface area is 114 Å². The maximum atomic E-state index is 6.14. The van der Waals surface area contributed by atoms with E-state index < -0.39 is 0 Å². The standard InChI is InChI=1S/C13H13N5S/c1-8-16-10(7-19-8)12-11(13(14)18(2)17-12)9-3-5-15-6-4-9/h3-7H,14H2,1-2H3. The number of thiazole rings is 1. The maximum absolute atomic E-state index is 6.14. The van der Waals surface area contributed by atoms with Crippen LogP contribution in [0, 0.1) is 6.92 Å². The highest BCUT2D eigenvalue weighted by molar-refractivity contribution is 7.09. The molecule has 3 aromatic heterocycles. The first-order valence-corrected chi connectivity index (χ1v) is 6.70. The van der Waals surface area contributed by atoms with Crippen molar-refractivity contribution >= 4 is 17.2 Å². The van der Waals surface area contributed by atoms with E-state index in [1.54, 1.807) is 28.4 Å². The first-order chi connectivity index (χ1) is 9.16. The highest BCUT2D eigenvalue weighted by Crippen LogP contribution is 2.35. The number of rotatable bonds is 2. The quantitative estimate of drug-likeness (QED) is 0.777. The number of hydrogen-bond acceptors (Lipinski definition) is 5. The van der Waals surface area contributed by atoms with Crippen molar-refractivity contribution < 1.29 is 0 Å². The van der Waals surface area contributed by atoms with Gasteiger partial charge in [-0.3, -0.25) is 9.67 Å². The summed E-state index contributed by atoms with van der Waals surface area (Å²) >= 11 is 1.60. The van der Waals surface area contributed by atoms with Crippen molar-refractivity contribution in [3.8, 4) is 22.5 Å². The molecule has 0 spiro atoms. The summed E-state index contributed by atoms with van der Waals surface area (Å²) in [6.07, 6.45) is 3.50. The molecule has 2 N–H and O–H groups in total. The van der Waals surface area contributed by atoms with Gasteiger partial charge in [0.2, 0.25) is 0 Å². The first kappa shape index (κ1) is 11.9. The molecular formula is C13H13N5S. The van der Waals surface area contributed by atoms with Crippen LogP contribution in [-0.4, -0.2) is 19.7 Å². The Balaban J connectivity index is 2.24. The minimum Gasteiger partial charge on any atom is -0.383 e. The van der Waals surface area contributed by atoms with Crippen molar-refractivity contribution in [2.24, 2.45) is 7.05 Å². The van der Waals surface area contributed by atoms with E-state index in [9.17, 15) is 0 Å². The predicted octanol–water partition coefficient (Wildman–Crippen LogP) is 2.50. The van der Waals surface area contributed by atoms with Crippen LogP contribution < -0.4 is 5.73 Å². The van der Waals surface area contributed by atoms with Gasteiger partial charge in [0.05, 0.1) is 10.6 Å². The molecule has 0 fully saturated rings. The molecule has 0 saturated heterocycles. The molecular weight excluding hydrogens is 258 g/mol. The lowest BCUT2D eigenvalue weighted by Gasteiger charge is -2.01. The van der Waals surface area contributed by atoms with Gasteiger partial charge >= 0.3 is 0 Å². The third-order valence-electron chi connectivity index (χ3n) is 2.92. The summed E-state index contributed by atoms with van der Waals surface area (Å²) in [6, 6.07) is 3.85. The second-order valence-corrected chi connectivity index (χ2v) is 5.28. The lowest BCUT2D eigenvalue weighted by atomic mass is 10.1. The highest BCUT2D eigenvalue weighted by Gasteiger charge is 2.18. The number of nitrogens with two attached hydrogens (primary N) is 1. The molecule has 0 radical (unpaired) electrons. The molecule has 0 aliphatic rings. The van der Waals surface area contributed by atoms with Gasteiger partial charge in [-0.2, -0.15) is 5.10 Å². The molecule has 0 aromatic carbocycles. The Morgan fingerprint density at radius 1 is 1.26 bits per heavy atom. The van der Waals surface area contributed by atoms with E-state index in [1.807, 2.05) is 31.5 Å². The van der Waals surface area contributed by atoms with E-state index in [-0.39, 0.29) is 0 Å². The van der Waals surface area contributed by atoms with E-state index in [2.05, 4.69) is 15.1 Å². The average molecular weight is 271 g/mol. The molecule has 6 heteroatoms. The number of nitrogen functional groups attached to an aromatic ring is 1. The summed E-state index contributed by atoms with van der Waals surface area (Å²) in [4.78, 5) is 8.53. The molecule has 0 unspecified atom stereocenters. The lowest BCUT2D eigenvalue weighted by Crippen LogP contribution is -1.97. The van der Waals surface area contributed by atoms with Crippen LogP contribution >= 0.6 is 11.3 Å². The summed E-state index contributed by atoms with van der Waals surface area (Å²) in [7, 11) is 1.84. The van der Waals surface area contributed by atoms with Crippen LogP contribution in [-0.2, 0) is 7.05 Å². The molecule has 3 heterocycles. The van der Waals surface area contributed by atoms with Crippen LogP contribution in [0.15, 0.2) is 29.9 Å². The van der Waals surface area contributed by atoms with Crippen LogP contribution in [0.25, 0.3) is 22.5 Å². The van der Waals surface area contributed by atoms with Gasteiger partial charge in [0.1, 0.15) is 17.2 Å². The molecule has 0 atom stereocenters. The second kappa shape index (κ2) is 4.47. The van der Waals surface area contributed by atoms with E-state index >= 15 is 0 Å². The Morgan fingerprint density at radius 2 is 2.00 bits per heavy atom. The van der Waals surface area contributed by atoms with Crippen LogP contribution in [0.1, 0.15) is 5.01 Å². The summed E-state index contributed by atoms with van der Waals surface area (Å²) in [5.41, 5.74) is 9.73. The van der Waals surface area contributed by atoms with E-state index in [1.165, 1.54) is 0 Å². The molecule has 0 amide bonds. The van der Waals surface area contributed by atoms with Crippen molar-refractivity contribution in [2.75, 3.05) is 5.73 Å². The van der Waals surface area contributed by atoms with Crippen LogP contribution in [0.2, 0.25) is 0 Å². The maximum Gasteiger partial charge on any atom is 0.129 e. The number of aromatic nitrogens is 4. The van der Waals surface area contributed by atoms with E-state index in [0.29, 0.717) is 5.82 Å². The largest absolute Gasteiger partial charge is 0.383 e. The number of pyridine rings is 1. The number of anilines is 1. The monoisotopic (exact) mass is 271 g/mol.